The van der Waals surface area contributed by atoms with Crippen LogP contribution in [-0.2, 0) is 17.4 Å². The third kappa shape index (κ3) is 5.85. The number of rotatable bonds is 7. The minimum absolute atomic E-state index is 0.0187. The highest BCUT2D eigenvalue weighted by molar-refractivity contribution is 8.00. The summed E-state index contributed by atoms with van der Waals surface area (Å²) in [7, 11) is 1.58. The monoisotopic (exact) mass is 403 g/mol. The van der Waals surface area contributed by atoms with Gasteiger partial charge in [-0.3, -0.25) is 4.79 Å². The summed E-state index contributed by atoms with van der Waals surface area (Å²) in [6.45, 7) is 0.411. The van der Waals surface area contributed by atoms with E-state index in [9.17, 15) is 18.0 Å². The average molecular weight is 404 g/mol. The van der Waals surface area contributed by atoms with E-state index in [0.29, 0.717) is 17.9 Å². The lowest BCUT2D eigenvalue weighted by molar-refractivity contribution is -0.137. The Morgan fingerprint density at radius 3 is 2.65 bits per heavy atom. The molecule has 0 unspecified atom stereocenters. The van der Waals surface area contributed by atoms with Crippen molar-refractivity contribution in [3.05, 3.63) is 58.6 Å². The first-order chi connectivity index (χ1) is 12.3. The van der Waals surface area contributed by atoms with Crippen molar-refractivity contribution in [2.75, 3.05) is 19.4 Å². The van der Waals surface area contributed by atoms with Gasteiger partial charge in [0.15, 0.2) is 0 Å². The van der Waals surface area contributed by atoms with Gasteiger partial charge in [0.2, 0.25) is 5.91 Å². The molecular formula is C18H17ClF3NO2S. The van der Waals surface area contributed by atoms with Gasteiger partial charge in [0.1, 0.15) is 5.75 Å². The standard InChI is InChI=1S/C18H17ClF3NO2S/c1-25-16-5-3-2-4-12(16)8-9-23-17(24)11-26-13-6-7-15(19)14(10-13)18(20,21)22/h2-7,10H,8-9,11H2,1H3,(H,23,24). The molecule has 0 saturated heterocycles. The number of methoxy groups -OCH3 is 1. The van der Waals surface area contributed by atoms with E-state index in [1.807, 2.05) is 24.3 Å². The topological polar surface area (TPSA) is 38.3 Å². The van der Waals surface area contributed by atoms with Crippen molar-refractivity contribution in [2.24, 2.45) is 0 Å². The molecule has 1 N–H and O–H groups in total. The van der Waals surface area contributed by atoms with Crippen LogP contribution in [0.25, 0.3) is 0 Å². The molecule has 0 aliphatic heterocycles. The van der Waals surface area contributed by atoms with E-state index in [1.165, 1.54) is 12.1 Å². The molecule has 0 aliphatic rings. The number of benzene rings is 2. The van der Waals surface area contributed by atoms with Crippen LogP contribution in [0.4, 0.5) is 13.2 Å². The highest BCUT2D eigenvalue weighted by Gasteiger charge is 2.33. The summed E-state index contributed by atoms with van der Waals surface area (Å²) in [6.07, 6.45) is -3.93. The maximum Gasteiger partial charge on any atom is 0.417 e. The lowest BCUT2D eigenvalue weighted by atomic mass is 10.1. The van der Waals surface area contributed by atoms with Gasteiger partial charge in [-0.1, -0.05) is 29.8 Å². The van der Waals surface area contributed by atoms with Crippen LogP contribution in [0.15, 0.2) is 47.4 Å². The minimum atomic E-state index is -4.52. The van der Waals surface area contributed by atoms with Crippen molar-refractivity contribution in [1.29, 1.82) is 0 Å². The fraction of sp³-hybridized carbons (Fsp3) is 0.278. The van der Waals surface area contributed by atoms with Gasteiger partial charge in [0, 0.05) is 11.4 Å². The predicted octanol–water partition coefficient (Wildman–Crippen LogP) is 4.82. The fourth-order valence-electron chi connectivity index (χ4n) is 2.26. The molecule has 0 spiro atoms. The van der Waals surface area contributed by atoms with Crippen LogP contribution >= 0.6 is 23.4 Å². The number of carbonyl (C=O) groups is 1. The number of ether oxygens (including phenoxy) is 1. The molecule has 0 aliphatic carbocycles. The molecule has 0 aromatic heterocycles. The number of para-hydroxylation sites is 1. The molecule has 26 heavy (non-hydrogen) atoms. The van der Waals surface area contributed by atoms with Crippen LogP contribution < -0.4 is 10.1 Å². The van der Waals surface area contributed by atoms with Crippen molar-refractivity contribution in [2.45, 2.75) is 17.5 Å². The van der Waals surface area contributed by atoms with Crippen LogP contribution in [0.3, 0.4) is 0 Å². The second-order valence-electron chi connectivity index (χ2n) is 5.34. The molecule has 0 bridgehead atoms. The Hall–Kier alpha value is -1.86. The van der Waals surface area contributed by atoms with Crippen molar-refractivity contribution >= 4 is 29.3 Å². The maximum atomic E-state index is 12.8. The lowest BCUT2D eigenvalue weighted by Gasteiger charge is -2.11. The van der Waals surface area contributed by atoms with Crippen LogP contribution in [0, 0.1) is 0 Å². The molecule has 0 heterocycles. The summed E-state index contributed by atoms with van der Waals surface area (Å²) in [4.78, 5) is 12.2. The van der Waals surface area contributed by atoms with Crippen molar-refractivity contribution < 1.29 is 22.7 Å². The zero-order chi connectivity index (χ0) is 19.2. The first-order valence-corrected chi connectivity index (χ1v) is 9.05. The Kier molecular flexibility index (Phi) is 7.23. The smallest absolute Gasteiger partial charge is 0.417 e. The van der Waals surface area contributed by atoms with Gasteiger partial charge in [-0.15, -0.1) is 11.8 Å². The third-order valence-corrected chi connectivity index (χ3v) is 4.85. The molecule has 1 amide bonds. The summed E-state index contributed by atoms with van der Waals surface area (Å²) in [5, 5.41) is 2.39. The van der Waals surface area contributed by atoms with Gasteiger partial charge >= 0.3 is 6.18 Å². The average Bonchev–Trinajstić information content (AvgIpc) is 2.60. The van der Waals surface area contributed by atoms with Crippen molar-refractivity contribution in [3.8, 4) is 5.75 Å². The summed E-state index contributed by atoms with van der Waals surface area (Å²) in [6, 6.07) is 11.1. The zero-order valence-corrected chi connectivity index (χ0v) is 15.5. The van der Waals surface area contributed by atoms with Gasteiger partial charge in [-0.2, -0.15) is 13.2 Å². The molecule has 2 aromatic carbocycles. The molecule has 8 heteroatoms. The highest BCUT2D eigenvalue weighted by atomic mass is 35.5. The van der Waals surface area contributed by atoms with E-state index in [0.717, 1.165) is 29.1 Å². The van der Waals surface area contributed by atoms with Gasteiger partial charge in [-0.05, 0) is 36.2 Å². The number of amides is 1. The van der Waals surface area contributed by atoms with E-state index < -0.39 is 11.7 Å². The molecule has 3 nitrogen and oxygen atoms in total. The Bertz CT molecular complexity index is 768. The Morgan fingerprint density at radius 2 is 1.96 bits per heavy atom. The second kappa shape index (κ2) is 9.19. The molecule has 2 aromatic rings. The molecule has 0 fully saturated rings. The number of alkyl halides is 3. The van der Waals surface area contributed by atoms with E-state index in [-0.39, 0.29) is 16.7 Å². The summed E-state index contributed by atoms with van der Waals surface area (Å²) in [5.74, 6) is 0.510. The summed E-state index contributed by atoms with van der Waals surface area (Å²) in [5.41, 5.74) is 0.0659. The second-order valence-corrected chi connectivity index (χ2v) is 6.80. The molecule has 0 saturated carbocycles. The predicted molar refractivity (Wildman–Crippen MR) is 96.9 cm³/mol. The van der Waals surface area contributed by atoms with Crippen LogP contribution in [-0.4, -0.2) is 25.3 Å². The molecule has 2 rings (SSSR count). The Balaban J connectivity index is 1.84. The number of hydrogen-bond donors (Lipinski definition) is 1. The van der Waals surface area contributed by atoms with E-state index in [1.54, 1.807) is 7.11 Å². The normalized spacial score (nSPS) is 11.3. The lowest BCUT2D eigenvalue weighted by Crippen LogP contribution is -2.27. The Labute approximate surface area is 158 Å². The van der Waals surface area contributed by atoms with E-state index >= 15 is 0 Å². The largest absolute Gasteiger partial charge is 0.496 e. The fourth-order valence-corrected chi connectivity index (χ4v) is 3.25. The maximum absolute atomic E-state index is 12.8. The number of halogens is 4. The molecule has 140 valence electrons. The summed E-state index contributed by atoms with van der Waals surface area (Å²) < 4.78 is 43.7. The third-order valence-electron chi connectivity index (χ3n) is 3.52. The molecule has 0 atom stereocenters. The minimum Gasteiger partial charge on any atom is -0.496 e. The number of carbonyl (C=O) groups excluding carboxylic acids is 1. The van der Waals surface area contributed by atoms with Crippen molar-refractivity contribution in [1.82, 2.24) is 5.32 Å². The Morgan fingerprint density at radius 1 is 1.23 bits per heavy atom. The van der Waals surface area contributed by atoms with Gasteiger partial charge in [-0.25, -0.2) is 0 Å². The molecular weight excluding hydrogens is 387 g/mol. The van der Waals surface area contributed by atoms with Crippen LogP contribution in [0.1, 0.15) is 11.1 Å². The van der Waals surface area contributed by atoms with Gasteiger partial charge in [0.05, 0.1) is 23.4 Å². The number of hydrogen-bond acceptors (Lipinski definition) is 3. The van der Waals surface area contributed by atoms with Crippen LogP contribution in [0.2, 0.25) is 5.02 Å². The quantitative estimate of drug-likeness (QED) is 0.674. The van der Waals surface area contributed by atoms with Gasteiger partial charge < -0.3 is 10.1 Å². The van der Waals surface area contributed by atoms with E-state index in [4.69, 9.17) is 16.3 Å². The SMILES string of the molecule is COc1ccccc1CCNC(=O)CSc1ccc(Cl)c(C(F)(F)F)c1. The van der Waals surface area contributed by atoms with Crippen LogP contribution in [0.5, 0.6) is 5.75 Å². The summed E-state index contributed by atoms with van der Waals surface area (Å²) >= 11 is 6.60. The first-order valence-electron chi connectivity index (χ1n) is 7.69. The first kappa shape index (κ1) is 20.5. The highest BCUT2D eigenvalue weighted by Crippen LogP contribution is 2.36. The molecule has 0 radical (unpaired) electrons. The number of thioether (sulfide) groups is 1. The van der Waals surface area contributed by atoms with Crippen molar-refractivity contribution in [3.63, 3.8) is 0 Å². The number of nitrogens with one attached hydrogen (secondary N) is 1. The zero-order valence-electron chi connectivity index (χ0n) is 13.9. The van der Waals surface area contributed by atoms with Gasteiger partial charge in [0.25, 0.3) is 0 Å². The van der Waals surface area contributed by atoms with E-state index in [2.05, 4.69) is 5.32 Å².